The first-order chi connectivity index (χ1) is 13.9. The monoisotopic (exact) mass is 406 g/mol. The van der Waals surface area contributed by atoms with Crippen molar-refractivity contribution in [3.8, 4) is 0 Å². The van der Waals surface area contributed by atoms with Gasteiger partial charge in [0, 0.05) is 13.0 Å². The lowest BCUT2D eigenvalue weighted by Gasteiger charge is -2.26. The second-order valence-corrected chi connectivity index (χ2v) is 8.30. The summed E-state index contributed by atoms with van der Waals surface area (Å²) in [5, 5.41) is 3.50. The van der Waals surface area contributed by atoms with Crippen molar-refractivity contribution in [1.29, 1.82) is 0 Å². The highest BCUT2D eigenvalue weighted by atomic mass is 16.5. The number of nitrogens with two attached hydrogens (primary N) is 1. The fourth-order valence-corrected chi connectivity index (χ4v) is 3.70. The molecule has 0 spiro atoms. The molecule has 1 rings (SSSR count). The summed E-state index contributed by atoms with van der Waals surface area (Å²) in [4.78, 5) is 22.7. The van der Waals surface area contributed by atoms with Gasteiger partial charge in [0.2, 0.25) is 0 Å². The van der Waals surface area contributed by atoms with Gasteiger partial charge in [0.1, 0.15) is 5.78 Å². The van der Waals surface area contributed by atoms with Gasteiger partial charge in [-0.15, -0.1) is 0 Å². The fraction of sp³-hybridized carbons (Fsp3) is 0.750. The second kappa shape index (κ2) is 15.4. The SMILES string of the molecule is CC(=O)OCCCC/C=C/CCCC(N)(CCC/C=C/C[C@H]1CCCN1)C(C)=O. The van der Waals surface area contributed by atoms with Crippen LogP contribution in [-0.2, 0) is 14.3 Å². The fourth-order valence-electron chi connectivity index (χ4n) is 3.70. The highest BCUT2D eigenvalue weighted by Gasteiger charge is 2.28. The van der Waals surface area contributed by atoms with Gasteiger partial charge in [-0.05, 0) is 90.5 Å². The van der Waals surface area contributed by atoms with Gasteiger partial charge >= 0.3 is 5.97 Å². The number of carbonyl (C=O) groups is 2. The normalized spacial score (nSPS) is 19.1. The predicted octanol–water partition coefficient (Wildman–Crippen LogP) is 4.60. The zero-order valence-electron chi connectivity index (χ0n) is 18.6. The minimum absolute atomic E-state index is 0.103. The Morgan fingerprint density at radius 2 is 1.62 bits per heavy atom. The van der Waals surface area contributed by atoms with Gasteiger partial charge in [-0.2, -0.15) is 0 Å². The molecule has 3 N–H and O–H groups in total. The maximum absolute atomic E-state index is 12.1. The van der Waals surface area contributed by atoms with E-state index in [1.165, 1.54) is 19.8 Å². The Bertz CT molecular complexity index is 524. The van der Waals surface area contributed by atoms with E-state index in [2.05, 4.69) is 29.6 Å². The second-order valence-electron chi connectivity index (χ2n) is 8.30. The lowest BCUT2D eigenvalue weighted by molar-refractivity contribution is -0.141. The Hall–Kier alpha value is -1.46. The molecule has 0 radical (unpaired) electrons. The van der Waals surface area contributed by atoms with E-state index in [9.17, 15) is 9.59 Å². The molecule has 0 aliphatic carbocycles. The van der Waals surface area contributed by atoms with Crippen molar-refractivity contribution in [2.45, 2.75) is 102 Å². The van der Waals surface area contributed by atoms with E-state index < -0.39 is 5.54 Å². The van der Waals surface area contributed by atoms with Crippen LogP contribution in [0, 0.1) is 0 Å². The zero-order chi connectivity index (χ0) is 21.4. The van der Waals surface area contributed by atoms with Crippen LogP contribution < -0.4 is 11.1 Å². The molecule has 0 saturated carbocycles. The molecule has 166 valence electrons. The van der Waals surface area contributed by atoms with E-state index in [-0.39, 0.29) is 11.8 Å². The van der Waals surface area contributed by atoms with E-state index >= 15 is 0 Å². The first-order valence-electron chi connectivity index (χ1n) is 11.4. The Kier molecular flexibility index (Phi) is 13.6. The van der Waals surface area contributed by atoms with Gasteiger partial charge in [-0.3, -0.25) is 9.59 Å². The molecule has 0 aromatic carbocycles. The highest BCUT2D eigenvalue weighted by Crippen LogP contribution is 2.21. The first kappa shape index (κ1) is 25.6. The van der Waals surface area contributed by atoms with Crippen molar-refractivity contribution in [3.05, 3.63) is 24.3 Å². The van der Waals surface area contributed by atoms with Gasteiger partial charge < -0.3 is 15.8 Å². The number of allylic oxidation sites excluding steroid dienone is 3. The van der Waals surface area contributed by atoms with Crippen LogP contribution in [0.4, 0.5) is 0 Å². The summed E-state index contributed by atoms with van der Waals surface area (Å²) >= 11 is 0. The molecule has 1 aliphatic rings. The number of unbranched alkanes of at least 4 members (excludes halogenated alkanes) is 4. The van der Waals surface area contributed by atoms with Gasteiger partial charge in [-0.25, -0.2) is 0 Å². The molecule has 0 bridgehead atoms. The molecule has 2 atom stereocenters. The van der Waals surface area contributed by atoms with E-state index in [1.807, 2.05) is 0 Å². The maximum atomic E-state index is 12.1. The molecule has 1 fully saturated rings. The predicted molar refractivity (Wildman–Crippen MR) is 120 cm³/mol. The molecule has 1 saturated heterocycles. The Morgan fingerprint density at radius 3 is 2.17 bits per heavy atom. The standard InChI is InChI=1S/C24H42N2O3/c1-21(27)24(25,18-12-8-6-10-15-23-16-14-19-26-23)17-11-7-4-3-5-9-13-20-29-22(2)28/h3-4,6,10,23,26H,5,7-9,11-20,25H2,1-2H3/b4-3+,10-6+/t23-,24?/m0/s1. The summed E-state index contributed by atoms with van der Waals surface area (Å²) in [6.45, 7) is 4.72. The van der Waals surface area contributed by atoms with Crippen molar-refractivity contribution < 1.29 is 14.3 Å². The zero-order valence-corrected chi connectivity index (χ0v) is 18.6. The summed E-state index contributed by atoms with van der Waals surface area (Å²) in [6, 6.07) is 0.652. The van der Waals surface area contributed by atoms with Crippen LogP contribution >= 0.6 is 0 Å². The lowest BCUT2D eigenvalue weighted by atomic mass is 9.84. The van der Waals surface area contributed by atoms with Crippen LogP contribution in [0.25, 0.3) is 0 Å². The van der Waals surface area contributed by atoms with Gasteiger partial charge in [0.25, 0.3) is 0 Å². The van der Waals surface area contributed by atoms with Gasteiger partial charge in [0.15, 0.2) is 0 Å². The minimum atomic E-state index is -0.682. The summed E-state index contributed by atoms with van der Waals surface area (Å²) in [5.74, 6) is -0.111. The number of carbonyl (C=O) groups excluding carboxylic acids is 2. The molecule has 1 unspecified atom stereocenters. The summed E-state index contributed by atoms with van der Waals surface area (Å²) in [7, 11) is 0. The average Bonchev–Trinajstić information content (AvgIpc) is 3.19. The van der Waals surface area contributed by atoms with E-state index in [1.54, 1.807) is 6.92 Å². The van der Waals surface area contributed by atoms with Crippen molar-refractivity contribution >= 4 is 11.8 Å². The van der Waals surface area contributed by atoms with E-state index in [4.69, 9.17) is 10.5 Å². The summed E-state index contributed by atoms with van der Waals surface area (Å²) in [6.07, 6.45) is 20.8. The number of hydrogen-bond acceptors (Lipinski definition) is 5. The van der Waals surface area contributed by atoms with Crippen LogP contribution in [0.1, 0.15) is 90.9 Å². The average molecular weight is 407 g/mol. The van der Waals surface area contributed by atoms with Crippen molar-refractivity contribution in [3.63, 3.8) is 0 Å². The molecule has 5 heteroatoms. The molecule has 0 aromatic heterocycles. The number of nitrogens with one attached hydrogen (secondary N) is 1. The van der Waals surface area contributed by atoms with E-state index in [0.29, 0.717) is 12.6 Å². The molecular formula is C24H42N2O3. The summed E-state index contributed by atoms with van der Waals surface area (Å²) < 4.78 is 4.91. The van der Waals surface area contributed by atoms with E-state index in [0.717, 1.165) is 70.8 Å². The van der Waals surface area contributed by atoms with Crippen LogP contribution in [0.3, 0.4) is 0 Å². The summed E-state index contributed by atoms with van der Waals surface area (Å²) in [5.41, 5.74) is 5.74. The van der Waals surface area contributed by atoms with Gasteiger partial charge in [-0.1, -0.05) is 24.3 Å². The Morgan fingerprint density at radius 1 is 1.00 bits per heavy atom. The van der Waals surface area contributed by atoms with Gasteiger partial charge in [0.05, 0.1) is 12.1 Å². The third-order valence-corrected chi connectivity index (χ3v) is 5.68. The quantitative estimate of drug-likeness (QED) is 0.222. The molecule has 0 amide bonds. The van der Waals surface area contributed by atoms with Crippen LogP contribution in [-0.4, -0.2) is 36.5 Å². The Labute approximate surface area is 177 Å². The molecule has 29 heavy (non-hydrogen) atoms. The molecular weight excluding hydrogens is 364 g/mol. The molecule has 1 aliphatic heterocycles. The number of Topliss-reactive ketones (excluding diaryl/α,β-unsaturated/α-hetero) is 1. The van der Waals surface area contributed by atoms with Crippen LogP contribution in [0.2, 0.25) is 0 Å². The third-order valence-electron chi connectivity index (χ3n) is 5.68. The number of esters is 1. The van der Waals surface area contributed by atoms with Crippen molar-refractivity contribution in [2.24, 2.45) is 5.73 Å². The third kappa shape index (κ3) is 12.7. The number of ketones is 1. The maximum Gasteiger partial charge on any atom is 0.302 e. The molecule has 5 nitrogen and oxygen atoms in total. The van der Waals surface area contributed by atoms with Crippen molar-refractivity contribution in [1.82, 2.24) is 5.32 Å². The van der Waals surface area contributed by atoms with Crippen LogP contribution in [0.15, 0.2) is 24.3 Å². The lowest BCUT2D eigenvalue weighted by Crippen LogP contribution is -2.46. The number of hydrogen-bond donors (Lipinski definition) is 2. The topological polar surface area (TPSA) is 81.4 Å². The van der Waals surface area contributed by atoms with Crippen LogP contribution in [0.5, 0.6) is 0 Å². The largest absolute Gasteiger partial charge is 0.466 e. The Balaban J connectivity index is 2.12. The first-order valence-corrected chi connectivity index (χ1v) is 11.4. The number of rotatable bonds is 16. The number of ether oxygens (including phenoxy) is 1. The minimum Gasteiger partial charge on any atom is -0.466 e. The van der Waals surface area contributed by atoms with Crippen molar-refractivity contribution in [2.75, 3.05) is 13.2 Å². The smallest absolute Gasteiger partial charge is 0.302 e. The molecule has 0 aromatic rings. The molecule has 1 heterocycles. The highest BCUT2D eigenvalue weighted by molar-refractivity contribution is 5.85.